The van der Waals surface area contributed by atoms with Crippen LogP contribution in [0.25, 0.3) is 5.57 Å². The molecule has 0 amide bonds. The predicted octanol–water partition coefficient (Wildman–Crippen LogP) is 4.23. The summed E-state index contributed by atoms with van der Waals surface area (Å²) < 4.78 is 12.0. The highest BCUT2D eigenvalue weighted by Gasteiger charge is 2.27. The number of fused-ring (bicyclic) bond motifs is 1. The second kappa shape index (κ2) is 6.70. The van der Waals surface area contributed by atoms with Gasteiger partial charge in [0.15, 0.2) is 0 Å². The predicted molar refractivity (Wildman–Crippen MR) is 98.7 cm³/mol. The molecule has 0 fully saturated rings. The lowest BCUT2D eigenvalue weighted by Gasteiger charge is -2.31. The maximum atomic E-state index is 6.17. The van der Waals surface area contributed by atoms with E-state index in [4.69, 9.17) is 9.47 Å². The normalized spacial score (nSPS) is 15.5. The van der Waals surface area contributed by atoms with Crippen LogP contribution in [0.3, 0.4) is 0 Å². The molecule has 24 heavy (non-hydrogen) atoms. The van der Waals surface area contributed by atoms with Gasteiger partial charge in [-0.2, -0.15) is 0 Å². The van der Waals surface area contributed by atoms with Crippen molar-refractivity contribution in [2.75, 3.05) is 27.2 Å². The molecular formula is C21H25NO2. The Morgan fingerprint density at radius 1 is 1.04 bits per heavy atom. The van der Waals surface area contributed by atoms with Gasteiger partial charge in [0, 0.05) is 18.2 Å². The summed E-state index contributed by atoms with van der Waals surface area (Å²) in [5.74, 6) is 1.73. The molecule has 126 valence electrons. The van der Waals surface area contributed by atoms with Crippen molar-refractivity contribution in [1.82, 2.24) is 4.90 Å². The average molecular weight is 323 g/mol. The van der Waals surface area contributed by atoms with Crippen molar-refractivity contribution in [3.63, 3.8) is 0 Å². The first-order chi connectivity index (χ1) is 11.4. The van der Waals surface area contributed by atoms with Gasteiger partial charge in [0.25, 0.3) is 0 Å². The molecule has 0 saturated heterocycles. The van der Waals surface area contributed by atoms with Crippen LogP contribution in [0.1, 0.15) is 25.0 Å². The highest BCUT2D eigenvalue weighted by atomic mass is 16.5. The van der Waals surface area contributed by atoms with E-state index < -0.39 is 0 Å². The van der Waals surface area contributed by atoms with Crippen LogP contribution in [0.5, 0.6) is 11.5 Å². The highest BCUT2D eigenvalue weighted by molar-refractivity contribution is 5.85. The molecule has 0 spiro atoms. The third-order valence-electron chi connectivity index (χ3n) is 4.00. The van der Waals surface area contributed by atoms with Crippen LogP contribution in [0.15, 0.2) is 54.6 Å². The van der Waals surface area contributed by atoms with Gasteiger partial charge in [-0.15, -0.1) is 0 Å². The van der Waals surface area contributed by atoms with Gasteiger partial charge in [-0.25, -0.2) is 0 Å². The van der Waals surface area contributed by atoms with Crippen LogP contribution in [0, 0.1) is 0 Å². The topological polar surface area (TPSA) is 21.7 Å². The Bertz CT molecular complexity index is 733. The lowest BCUT2D eigenvalue weighted by molar-refractivity contribution is 0.157. The Labute approximate surface area is 144 Å². The van der Waals surface area contributed by atoms with E-state index in [-0.39, 0.29) is 5.60 Å². The molecule has 0 atom stereocenters. The minimum atomic E-state index is -0.347. The second-order valence-electron chi connectivity index (χ2n) is 6.94. The number of rotatable bonds is 5. The zero-order valence-electron chi connectivity index (χ0n) is 14.9. The fourth-order valence-electron chi connectivity index (χ4n) is 2.84. The summed E-state index contributed by atoms with van der Waals surface area (Å²) in [7, 11) is 4.08. The van der Waals surface area contributed by atoms with E-state index in [1.165, 1.54) is 11.1 Å². The molecule has 3 nitrogen and oxygen atoms in total. The van der Waals surface area contributed by atoms with Gasteiger partial charge in [0.2, 0.25) is 0 Å². The van der Waals surface area contributed by atoms with Crippen LogP contribution in [-0.4, -0.2) is 37.7 Å². The lowest BCUT2D eigenvalue weighted by Crippen LogP contribution is -2.29. The monoisotopic (exact) mass is 323 g/mol. The van der Waals surface area contributed by atoms with Crippen LogP contribution in [0.4, 0.5) is 0 Å². The molecule has 0 aromatic heterocycles. The van der Waals surface area contributed by atoms with Crippen LogP contribution in [-0.2, 0) is 0 Å². The van der Waals surface area contributed by atoms with Crippen molar-refractivity contribution in [2.45, 2.75) is 19.4 Å². The second-order valence-corrected chi connectivity index (χ2v) is 6.94. The Kier molecular flexibility index (Phi) is 4.63. The molecule has 0 N–H and O–H groups in total. The van der Waals surface area contributed by atoms with E-state index >= 15 is 0 Å². The zero-order valence-corrected chi connectivity index (χ0v) is 14.9. The van der Waals surface area contributed by atoms with Gasteiger partial charge >= 0.3 is 0 Å². The summed E-state index contributed by atoms with van der Waals surface area (Å²) >= 11 is 0. The summed E-state index contributed by atoms with van der Waals surface area (Å²) in [6.45, 7) is 5.71. The summed E-state index contributed by atoms with van der Waals surface area (Å²) in [6.07, 6.45) is 2.19. The number of hydrogen-bond acceptors (Lipinski definition) is 3. The molecule has 0 saturated carbocycles. The molecule has 0 aliphatic carbocycles. The minimum Gasteiger partial charge on any atom is -0.492 e. The Balaban J connectivity index is 1.91. The van der Waals surface area contributed by atoms with Gasteiger partial charge in [-0.3, -0.25) is 0 Å². The molecule has 0 radical (unpaired) electrons. The lowest BCUT2D eigenvalue weighted by atomic mass is 9.90. The first-order valence-electron chi connectivity index (χ1n) is 8.34. The van der Waals surface area contributed by atoms with Crippen molar-refractivity contribution in [1.29, 1.82) is 0 Å². The van der Waals surface area contributed by atoms with Gasteiger partial charge in [0.1, 0.15) is 23.7 Å². The summed E-state index contributed by atoms with van der Waals surface area (Å²) in [5.41, 5.74) is 3.18. The molecule has 3 heteroatoms. The van der Waals surface area contributed by atoms with E-state index in [0.29, 0.717) is 6.61 Å². The first kappa shape index (κ1) is 16.6. The van der Waals surface area contributed by atoms with Gasteiger partial charge in [-0.1, -0.05) is 30.3 Å². The SMILES string of the molecule is CN(C)CCOc1ccc2c(c1)OC(C)(C)C=C2c1ccccc1. The third-order valence-corrected chi connectivity index (χ3v) is 4.00. The third kappa shape index (κ3) is 3.80. The summed E-state index contributed by atoms with van der Waals surface area (Å²) in [4.78, 5) is 2.11. The Morgan fingerprint density at radius 2 is 1.79 bits per heavy atom. The molecular weight excluding hydrogens is 298 g/mol. The summed E-state index contributed by atoms with van der Waals surface area (Å²) in [5, 5.41) is 0. The summed E-state index contributed by atoms with van der Waals surface area (Å²) in [6, 6.07) is 16.6. The van der Waals surface area contributed by atoms with E-state index in [2.05, 4.69) is 55.2 Å². The molecule has 2 aromatic rings. The molecule has 1 aliphatic rings. The van der Waals surface area contributed by atoms with Crippen LogP contribution < -0.4 is 9.47 Å². The van der Waals surface area contributed by atoms with Crippen LogP contribution >= 0.6 is 0 Å². The first-order valence-corrected chi connectivity index (χ1v) is 8.34. The molecule has 0 bridgehead atoms. The number of likely N-dealkylation sites (N-methyl/N-ethyl adjacent to an activating group) is 1. The fraction of sp³-hybridized carbons (Fsp3) is 0.333. The largest absolute Gasteiger partial charge is 0.492 e. The number of hydrogen-bond donors (Lipinski definition) is 0. The quantitative estimate of drug-likeness (QED) is 0.822. The molecule has 3 rings (SSSR count). The fourth-order valence-corrected chi connectivity index (χ4v) is 2.84. The number of benzene rings is 2. The smallest absolute Gasteiger partial charge is 0.132 e. The zero-order chi connectivity index (χ0) is 17.2. The maximum Gasteiger partial charge on any atom is 0.132 e. The van der Waals surface area contributed by atoms with Gasteiger partial charge in [-0.05, 0) is 57.3 Å². The van der Waals surface area contributed by atoms with Crippen molar-refractivity contribution in [2.24, 2.45) is 0 Å². The van der Waals surface area contributed by atoms with E-state index in [1.54, 1.807) is 0 Å². The number of nitrogens with zero attached hydrogens (tertiary/aromatic N) is 1. The van der Waals surface area contributed by atoms with Gasteiger partial charge in [0.05, 0.1) is 0 Å². The van der Waals surface area contributed by atoms with E-state index in [9.17, 15) is 0 Å². The average Bonchev–Trinajstić information content (AvgIpc) is 2.53. The van der Waals surface area contributed by atoms with Crippen molar-refractivity contribution >= 4 is 5.57 Å². The molecule has 1 heterocycles. The Morgan fingerprint density at radius 3 is 2.50 bits per heavy atom. The maximum absolute atomic E-state index is 6.17. The van der Waals surface area contributed by atoms with E-state index in [0.717, 1.165) is 23.6 Å². The van der Waals surface area contributed by atoms with Crippen molar-refractivity contribution in [3.8, 4) is 11.5 Å². The van der Waals surface area contributed by atoms with E-state index in [1.807, 2.05) is 32.3 Å². The Hall–Kier alpha value is -2.26. The van der Waals surface area contributed by atoms with Crippen LogP contribution in [0.2, 0.25) is 0 Å². The molecule has 1 aliphatic heterocycles. The van der Waals surface area contributed by atoms with Gasteiger partial charge < -0.3 is 14.4 Å². The molecule has 0 unspecified atom stereocenters. The van der Waals surface area contributed by atoms with Crippen molar-refractivity contribution < 1.29 is 9.47 Å². The molecule has 2 aromatic carbocycles. The highest BCUT2D eigenvalue weighted by Crippen LogP contribution is 2.41. The van der Waals surface area contributed by atoms with Crippen molar-refractivity contribution in [3.05, 3.63) is 65.7 Å². The number of ether oxygens (including phenoxy) is 2. The minimum absolute atomic E-state index is 0.347. The standard InChI is InChI=1S/C21H25NO2/c1-21(2)15-19(16-8-6-5-7-9-16)18-11-10-17(14-20(18)24-21)23-13-12-22(3)4/h5-11,14-15H,12-13H2,1-4H3.